The van der Waals surface area contributed by atoms with Gasteiger partial charge in [0.1, 0.15) is 0 Å². The minimum Gasteiger partial charge on any atom is -0.501 e. The van der Waals surface area contributed by atoms with E-state index in [0.29, 0.717) is 6.04 Å². The maximum absolute atomic E-state index is 5.57. The van der Waals surface area contributed by atoms with E-state index in [1.54, 1.807) is 7.11 Å². The Labute approximate surface area is 49.3 Å². The van der Waals surface area contributed by atoms with Gasteiger partial charge in [-0.15, -0.1) is 0 Å². The van der Waals surface area contributed by atoms with E-state index in [1.807, 2.05) is 6.08 Å². The lowest BCUT2D eigenvalue weighted by molar-refractivity contribution is 0.280. The molecule has 0 aromatic carbocycles. The molecule has 0 aliphatic heterocycles. The summed E-state index contributed by atoms with van der Waals surface area (Å²) in [6.07, 6.45) is 3.93. The molecule has 0 saturated carbocycles. The molecule has 1 rings (SSSR count). The zero-order valence-corrected chi connectivity index (χ0v) is 5.05. The summed E-state index contributed by atoms with van der Waals surface area (Å²) in [5, 5.41) is 0. The van der Waals surface area contributed by atoms with Crippen LogP contribution < -0.4 is 5.73 Å². The Morgan fingerprint density at radius 3 is 2.88 bits per heavy atom. The smallest absolute Gasteiger partial charge is 0.0931 e. The molecule has 8 heavy (non-hydrogen) atoms. The Balaban J connectivity index is 2.37. The SMILES string of the molecule is COC1=CC[C@H](N)C1. The Hall–Kier alpha value is -0.500. The topological polar surface area (TPSA) is 35.2 Å². The molecular formula is C6H11NO. The standard InChI is InChI=1S/C6H11NO/c1-8-6-3-2-5(7)4-6/h3,5H,2,4,7H2,1H3/t5-/m0/s1. The maximum atomic E-state index is 5.57. The normalized spacial score (nSPS) is 27.8. The number of methoxy groups -OCH3 is 1. The molecule has 0 bridgehead atoms. The fraction of sp³-hybridized carbons (Fsp3) is 0.667. The quantitative estimate of drug-likeness (QED) is 0.541. The molecular weight excluding hydrogens is 102 g/mol. The fourth-order valence-electron chi connectivity index (χ4n) is 0.875. The van der Waals surface area contributed by atoms with Crippen molar-refractivity contribution in [3.8, 4) is 0 Å². The second-order valence-corrected chi connectivity index (χ2v) is 2.07. The van der Waals surface area contributed by atoms with Crippen LogP contribution in [0.25, 0.3) is 0 Å². The van der Waals surface area contributed by atoms with Gasteiger partial charge in [-0.25, -0.2) is 0 Å². The molecule has 1 aliphatic carbocycles. The van der Waals surface area contributed by atoms with E-state index in [-0.39, 0.29) is 0 Å². The van der Waals surface area contributed by atoms with E-state index in [4.69, 9.17) is 10.5 Å². The minimum atomic E-state index is 0.310. The third-order valence-corrected chi connectivity index (χ3v) is 1.37. The third-order valence-electron chi connectivity index (χ3n) is 1.37. The van der Waals surface area contributed by atoms with Crippen molar-refractivity contribution in [1.82, 2.24) is 0 Å². The number of hydrogen-bond acceptors (Lipinski definition) is 2. The van der Waals surface area contributed by atoms with Crippen LogP contribution >= 0.6 is 0 Å². The van der Waals surface area contributed by atoms with Gasteiger partial charge in [0.2, 0.25) is 0 Å². The van der Waals surface area contributed by atoms with Crippen molar-refractivity contribution in [3.05, 3.63) is 11.8 Å². The van der Waals surface area contributed by atoms with Crippen LogP contribution in [-0.4, -0.2) is 13.2 Å². The number of ether oxygens (including phenoxy) is 1. The van der Waals surface area contributed by atoms with Crippen LogP contribution in [0.5, 0.6) is 0 Å². The van der Waals surface area contributed by atoms with Gasteiger partial charge in [-0.05, 0) is 12.5 Å². The molecule has 0 heterocycles. The highest BCUT2D eigenvalue weighted by molar-refractivity contribution is 5.04. The van der Waals surface area contributed by atoms with E-state index >= 15 is 0 Å². The molecule has 0 fully saturated rings. The van der Waals surface area contributed by atoms with Gasteiger partial charge in [-0.1, -0.05) is 0 Å². The van der Waals surface area contributed by atoms with E-state index in [1.165, 1.54) is 0 Å². The summed E-state index contributed by atoms with van der Waals surface area (Å²) in [7, 11) is 1.68. The molecule has 0 amide bonds. The third kappa shape index (κ3) is 1.01. The van der Waals surface area contributed by atoms with Crippen LogP contribution in [-0.2, 0) is 4.74 Å². The number of rotatable bonds is 1. The molecule has 0 unspecified atom stereocenters. The monoisotopic (exact) mass is 113 g/mol. The van der Waals surface area contributed by atoms with Crippen molar-refractivity contribution in [2.24, 2.45) is 5.73 Å². The molecule has 1 atom stereocenters. The van der Waals surface area contributed by atoms with Crippen molar-refractivity contribution in [1.29, 1.82) is 0 Å². The van der Waals surface area contributed by atoms with Gasteiger partial charge in [0, 0.05) is 12.5 Å². The van der Waals surface area contributed by atoms with Crippen LogP contribution in [0.2, 0.25) is 0 Å². The molecule has 0 aromatic rings. The Kier molecular flexibility index (Phi) is 1.53. The number of nitrogens with two attached hydrogens (primary N) is 1. The van der Waals surface area contributed by atoms with Crippen LogP contribution in [0.3, 0.4) is 0 Å². The second kappa shape index (κ2) is 2.18. The van der Waals surface area contributed by atoms with Gasteiger partial charge in [-0.3, -0.25) is 0 Å². The summed E-state index contributed by atoms with van der Waals surface area (Å²) >= 11 is 0. The van der Waals surface area contributed by atoms with E-state index in [0.717, 1.165) is 18.6 Å². The first-order valence-electron chi connectivity index (χ1n) is 2.81. The van der Waals surface area contributed by atoms with Gasteiger partial charge in [0.25, 0.3) is 0 Å². The highest BCUT2D eigenvalue weighted by atomic mass is 16.5. The van der Waals surface area contributed by atoms with Crippen LogP contribution in [0.15, 0.2) is 11.8 Å². The first-order valence-corrected chi connectivity index (χ1v) is 2.81. The Morgan fingerprint density at radius 2 is 2.62 bits per heavy atom. The van der Waals surface area contributed by atoms with E-state index in [2.05, 4.69) is 0 Å². The summed E-state index contributed by atoms with van der Waals surface area (Å²) in [6, 6.07) is 0.310. The van der Waals surface area contributed by atoms with Crippen molar-refractivity contribution in [2.75, 3.05) is 7.11 Å². The van der Waals surface area contributed by atoms with Gasteiger partial charge in [0.15, 0.2) is 0 Å². The van der Waals surface area contributed by atoms with Crippen LogP contribution in [0.1, 0.15) is 12.8 Å². The molecule has 2 N–H and O–H groups in total. The molecule has 0 radical (unpaired) electrons. The molecule has 0 spiro atoms. The number of hydrogen-bond donors (Lipinski definition) is 1. The zero-order chi connectivity index (χ0) is 5.98. The van der Waals surface area contributed by atoms with Crippen molar-refractivity contribution < 1.29 is 4.74 Å². The highest BCUT2D eigenvalue weighted by Crippen LogP contribution is 2.16. The maximum Gasteiger partial charge on any atom is 0.0931 e. The predicted octanol–water partition coefficient (Wildman–Crippen LogP) is 0.638. The summed E-state index contributed by atoms with van der Waals surface area (Å²) in [5.74, 6) is 1.04. The predicted molar refractivity (Wildman–Crippen MR) is 32.3 cm³/mol. The molecule has 2 heteroatoms. The highest BCUT2D eigenvalue weighted by Gasteiger charge is 2.11. The summed E-state index contributed by atoms with van der Waals surface area (Å²) in [5.41, 5.74) is 5.57. The lowest BCUT2D eigenvalue weighted by Gasteiger charge is -2.00. The van der Waals surface area contributed by atoms with Crippen molar-refractivity contribution >= 4 is 0 Å². The molecule has 2 nitrogen and oxygen atoms in total. The van der Waals surface area contributed by atoms with Gasteiger partial charge >= 0.3 is 0 Å². The van der Waals surface area contributed by atoms with Crippen LogP contribution in [0, 0.1) is 0 Å². The van der Waals surface area contributed by atoms with Gasteiger partial charge in [0.05, 0.1) is 12.9 Å². The van der Waals surface area contributed by atoms with E-state index < -0.39 is 0 Å². The molecule has 46 valence electrons. The van der Waals surface area contributed by atoms with Crippen molar-refractivity contribution in [2.45, 2.75) is 18.9 Å². The van der Waals surface area contributed by atoms with E-state index in [9.17, 15) is 0 Å². The Morgan fingerprint density at radius 1 is 1.88 bits per heavy atom. The lowest BCUT2D eigenvalue weighted by Crippen LogP contribution is -2.14. The van der Waals surface area contributed by atoms with Gasteiger partial charge in [-0.2, -0.15) is 0 Å². The summed E-state index contributed by atoms with van der Waals surface area (Å²) in [6.45, 7) is 0. The van der Waals surface area contributed by atoms with Gasteiger partial charge < -0.3 is 10.5 Å². The summed E-state index contributed by atoms with van der Waals surface area (Å²) < 4.78 is 4.96. The fourth-order valence-corrected chi connectivity index (χ4v) is 0.875. The average Bonchev–Trinajstić information content (AvgIpc) is 2.14. The van der Waals surface area contributed by atoms with Crippen molar-refractivity contribution in [3.63, 3.8) is 0 Å². The largest absolute Gasteiger partial charge is 0.501 e. The Bertz CT molecular complexity index is 109. The summed E-state index contributed by atoms with van der Waals surface area (Å²) in [4.78, 5) is 0. The zero-order valence-electron chi connectivity index (χ0n) is 5.05. The average molecular weight is 113 g/mol. The second-order valence-electron chi connectivity index (χ2n) is 2.07. The molecule has 1 aliphatic rings. The molecule has 0 saturated heterocycles. The first kappa shape index (κ1) is 5.63. The molecule has 0 aromatic heterocycles. The minimum absolute atomic E-state index is 0.310. The first-order chi connectivity index (χ1) is 3.83. The van der Waals surface area contributed by atoms with Crippen LogP contribution in [0.4, 0.5) is 0 Å². The lowest BCUT2D eigenvalue weighted by atomic mass is 10.2.